The third-order valence-corrected chi connectivity index (χ3v) is 6.45. The number of rotatable bonds is 7. The Morgan fingerprint density at radius 2 is 1.71 bits per heavy atom. The first-order valence-electron chi connectivity index (χ1n) is 11.5. The summed E-state index contributed by atoms with van der Waals surface area (Å²) in [5.74, 6) is -0.846. The lowest BCUT2D eigenvalue weighted by atomic mass is 9.98. The second-order valence-electron chi connectivity index (χ2n) is 8.64. The fraction of sp³-hybridized carbons (Fsp3) is 0.192. The third kappa shape index (κ3) is 3.52. The third-order valence-electron chi connectivity index (χ3n) is 6.45. The number of nitrogens with one attached hydrogen (secondary N) is 1. The van der Waals surface area contributed by atoms with Crippen molar-refractivity contribution in [3.8, 4) is 0 Å². The number of fused-ring (bicyclic) bond motifs is 2. The van der Waals surface area contributed by atoms with E-state index in [1.54, 1.807) is 30.2 Å². The molecule has 0 spiro atoms. The molecule has 0 fully saturated rings. The first-order chi connectivity index (χ1) is 17.1. The maximum absolute atomic E-state index is 13.1. The minimum atomic E-state index is -0.439. The lowest BCUT2D eigenvalue weighted by molar-refractivity contribution is -0.122. The lowest BCUT2D eigenvalue weighted by Gasteiger charge is -2.06. The molecule has 0 saturated heterocycles. The van der Waals surface area contributed by atoms with Gasteiger partial charge in [0, 0.05) is 66.8 Å². The zero-order valence-electron chi connectivity index (χ0n) is 19.2. The second kappa shape index (κ2) is 8.35. The van der Waals surface area contributed by atoms with E-state index >= 15 is 0 Å². The van der Waals surface area contributed by atoms with Crippen LogP contribution in [-0.4, -0.2) is 40.7 Å². The molecule has 1 N–H and O–H groups in total. The molecule has 1 aliphatic rings. The number of imide groups is 1. The normalized spacial score (nSPS) is 14.0. The molecule has 9 heteroatoms. The zero-order valence-corrected chi connectivity index (χ0v) is 19.2. The highest BCUT2D eigenvalue weighted by Gasteiger charge is 2.36. The molecule has 35 heavy (non-hydrogen) atoms. The van der Waals surface area contributed by atoms with E-state index in [1.807, 2.05) is 49.1 Å². The van der Waals surface area contributed by atoms with Crippen LogP contribution in [0.4, 0.5) is 0 Å². The van der Waals surface area contributed by atoms with Crippen molar-refractivity contribution >= 4 is 44.9 Å². The Hall–Kier alpha value is -4.53. The number of pyridine rings is 1. The summed E-state index contributed by atoms with van der Waals surface area (Å²) >= 11 is 0. The Bertz CT molecular complexity index is 1620. The van der Waals surface area contributed by atoms with E-state index in [0.717, 1.165) is 47.8 Å². The van der Waals surface area contributed by atoms with Gasteiger partial charge in [-0.1, -0.05) is 18.2 Å². The molecule has 2 amide bonds. The van der Waals surface area contributed by atoms with Crippen LogP contribution >= 0.6 is 0 Å². The van der Waals surface area contributed by atoms with Gasteiger partial charge in [-0.15, -0.1) is 0 Å². The van der Waals surface area contributed by atoms with Crippen molar-refractivity contribution in [1.82, 2.24) is 34.2 Å². The van der Waals surface area contributed by atoms with E-state index in [1.165, 1.54) is 0 Å². The van der Waals surface area contributed by atoms with E-state index in [-0.39, 0.29) is 5.57 Å². The number of hydrogen-bond donors (Lipinski definition) is 1. The largest absolute Gasteiger partial charge is 0.347 e. The van der Waals surface area contributed by atoms with Crippen molar-refractivity contribution in [3.63, 3.8) is 0 Å². The molecule has 6 rings (SSSR count). The number of amides is 2. The quantitative estimate of drug-likeness (QED) is 0.294. The van der Waals surface area contributed by atoms with Crippen molar-refractivity contribution in [1.29, 1.82) is 0 Å². The minimum Gasteiger partial charge on any atom is -0.347 e. The average Bonchev–Trinajstić information content (AvgIpc) is 3.63. The highest BCUT2D eigenvalue weighted by molar-refractivity contribution is 6.50. The number of aryl methyl sites for hydroxylation is 3. The van der Waals surface area contributed by atoms with Crippen LogP contribution in [0.2, 0.25) is 0 Å². The molecule has 0 atom stereocenters. The Labute approximate surface area is 200 Å². The van der Waals surface area contributed by atoms with E-state index in [4.69, 9.17) is 0 Å². The van der Waals surface area contributed by atoms with E-state index in [2.05, 4.69) is 29.5 Å². The van der Waals surface area contributed by atoms with Gasteiger partial charge in [0.1, 0.15) is 5.69 Å². The molecule has 0 saturated carbocycles. The number of imidazole rings is 1. The molecule has 5 heterocycles. The maximum atomic E-state index is 13.1. The molecular formula is C26H23N7O2. The van der Waals surface area contributed by atoms with E-state index in [0.29, 0.717) is 16.9 Å². The molecule has 1 aliphatic heterocycles. The Morgan fingerprint density at radius 3 is 2.57 bits per heavy atom. The Kier molecular flexibility index (Phi) is 5.02. The number of carbonyl (C=O) groups excluding carboxylic acids is 2. The molecule has 9 nitrogen and oxygen atoms in total. The highest BCUT2D eigenvalue weighted by Crippen LogP contribution is 2.37. The molecule has 0 aliphatic carbocycles. The topological polar surface area (TPSA) is 99.6 Å². The van der Waals surface area contributed by atoms with Crippen LogP contribution < -0.4 is 5.32 Å². The molecule has 0 bridgehead atoms. The monoisotopic (exact) mass is 465 g/mol. The number of carbonyl (C=O) groups is 2. The van der Waals surface area contributed by atoms with Crippen molar-refractivity contribution in [2.75, 3.05) is 0 Å². The minimum absolute atomic E-state index is 0.289. The molecule has 0 unspecified atom stereocenters. The smallest absolute Gasteiger partial charge is 0.261 e. The van der Waals surface area contributed by atoms with Crippen LogP contribution in [0.5, 0.6) is 0 Å². The number of hydrogen-bond acceptors (Lipinski definition) is 5. The summed E-state index contributed by atoms with van der Waals surface area (Å²) in [5.41, 5.74) is 3.52. The van der Waals surface area contributed by atoms with Gasteiger partial charge in [-0.05, 0) is 31.0 Å². The van der Waals surface area contributed by atoms with Crippen LogP contribution in [0.15, 0.2) is 67.5 Å². The summed E-state index contributed by atoms with van der Waals surface area (Å²) in [6, 6.07) is 11.6. The Morgan fingerprint density at radius 1 is 0.914 bits per heavy atom. The number of aromatic nitrogens is 6. The highest BCUT2D eigenvalue weighted by atomic mass is 16.2. The molecular weight excluding hydrogens is 442 g/mol. The van der Waals surface area contributed by atoms with Gasteiger partial charge in [0.05, 0.1) is 17.5 Å². The SMILES string of the molecule is Cn1nc(C2=C(c3cn(CCCCn4ccnc4)c4ccccc34)C(=O)NC2=O)c2cccnc21. The first-order valence-corrected chi connectivity index (χ1v) is 11.5. The molecule has 5 aromatic rings. The van der Waals surface area contributed by atoms with Gasteiger partial charge in [0.2, 0.25) is 0 Å². The zero-order chi connectivity index (χ0) is 23.9. The average molecular weight is 466 g/mol. The summed E-state index contributed by atoms with van der Waals surface area (Å²) in [4.78, 5) is 34.6. The molecule has 174 valence electrons. The van der Waals surface area contributed by atoms with Crippen molar-refractivity contribution in [3.05, 3.63) is 78.8 Å². The fourth-order valence-electron chi connectivity index (χ4n) is 4.84. The number of unbranched alkanes of at least 4 members (excludes halogenated alkanes) is 1. The van der Waals surface area contributed by atoms with Crippen molar-refractivity contribution < 1.29 is 9.59 Å². The van der Waals surface area contributed by atoms with E-state index < -0.39 is 11.8 Å². The van der Waals surface area contributed by atoms with Crippen molar-refractivity contribution in [2.45, 2.75) is 25.9 Å². The summed E-state index contributed by atoms with van der Waals surface area (Å²) < 4.78 is 5.86. The van der Waals surface area contributed by atoms with Crippen LogP contribution in [0, 0.1) is 0 Å². The molecule has 4 aromatic heterocycles. The van der Waals surface area contributed by atoms with E-state index in [9.17, 15) is 9.59 Å². The predicted molar refractivity (Wildman–Crippen MR) is 132 cm³/mol. The van der Waals surface area contributed by atoms with Gasteiger partial charge >= 0.3 is 0 Å². The van der Waals surface area contributed by atoms with Crippen LogP contribution in [0.3, 0.4) is 0 Å². The Balaban J connectivity index is 1.43. The van der Waals surface area contributed by atoms with Crippen LogP contribution in [0.25, 0.3) is 33.1 Å². The van der Waals surface area contributed by atoms with Gasteiger partial charge in [-0.25, -0.2) is 14.6 Å². The van der Waals surface area contributed by atoms with Gasteiger partial charge in [-0.2, -0.15) is 5.10 Å². The van der Waals surface area contributed by atoms with Gasteiger partial charge in [0.25, 0.3) is 11.8 Å². The first kappa shape index (κ1) is 21.0. The van der Waals surface area contributed by atoms with Gasteiger partial charge < -0.3 is 9.13 Å². The van der Waals surface area contributed by atoms with Gasteiger partial charge in [-0.3, -0.25) is 14.9 Å². The second-order valence-corrected chi connectivity index (χ2v) is 8.64. The van der Waals surface area contributed by atoms with Crippen molar-refractivity contribution in [2.24, 2.45) is 7.05 Å². The van der Waals surface area contributed by atoms with Crippen LogP contribution in [0.1, 0.15) is 24.1 Å². The number of nitrogens with zero attached hydrogens (tertiary/aromatic N) is 6. The summed E-state index contributed by atoms with van der Waals surface area (Å²) in [7, 11) is 1.78. The fourth-order valence-corrected chi connectivity index (χ4v) is 4.84. The lowest BCUT2D eigenvalue weighted by Crippen LogP contribution is -2.22. The number of para-hydroxylation sites is 1. The van der Waals surface area contributed by atoms with Gasteiger partial charge in [0.15, 0.2) is 5.65 Å². The van der Waals surface area contributed by atoms with Crippen LogP contribution in [-0.2, 0) is 29.7 Å². The predicted octanol–water partition coefficient (Wildman–Crippen LogP) is 3.17. The molecule has 0 radical (unpaired) electrons. The number of benzene rings is 1. The maximum Gasteiger partial charge on any atom is 0.261 e. The summed E-state index contributed by atoms with van der Waals surface area (Å²) in [5, 5.41) is 8.72. The molecule has 1 aromatic carbocycles. The summed E-state index contributed by atoms with van der Waals surface area (Å²) in [6.45, 7) is 1.70. The summed E-state index contributed by atoms with van der Waals surface area (Å²) in [6.07, 6.45) is 11.2. The standard InChI is InChI=1S/C26H23N7O2/c1-31-24-18(8-6-10-28-24)23(30-31)22-21(25(34)29-26(22)35)19-15-33(20-9-3-2-7-17(19)20)13-5-4-12-32-14-11-27-16-32/h2-3,6-11,14-16H,4-5,12-13H2,1H3,(H,29,34,35).